The molecule has 0 aliphatic carbocycles. The number of rotatable bonds is 8. The number of anilines is 2. The smallest absolute Gasteiger partial charge is 0.335 e. The molecule has 3 N–H and O–H groups in total. The highest BCUT2D eigenvalue weighted by molar-refractivity contribution is 5.88. The molecular formula is C23H24N2O3. The minimum atomic E-state index is -0.969. The van der Waals surface area contributed by atoms with Crippen molar-refractivity contribution in [2.75, 3.05) is 23.8 Å². The Bertz CT molecular complexity index is 942. The fourth-order valence-corrected chi connectivity index (χ4v) is 3.04. The predicted molar refractivity (Wildman–Crippen MR) is 112 cm³/mol. The van der Waals surface area contributed by atoms with E-state index in [1.807, 2.05) is 43.3 Å². The number of ether oxygens (including phenoxy) is 1. The quantitative estimate of drug-likeness (QED) is 0.571. The molecule has 3 aromatic carbocycles. The van der Waals surface area contributed by atoms with E-state index in [-0.39, 0.29) is 5.56 Å². The molecule has 0 saturated heterocycles. The monoisotopic (exact) mass is 376 g/mol. The molecule has 0 fully saturated rings. The van der Waals surface area contributed by atoms with Gasteiger partial charge in [-0.2, -0.15) is 0 Å². The van der Waals surface area contributed by atoms with Crippen LogP contribution >= 0.6 is 0 Å². The van der Waals surface area contributed by atoms with Gasteiger partial charge in [0.25, 0.3) is 0 Å². The van der Waals surface area contributed by atoms with Gasteiger partial charge in [0.2, 0.25) is 0 Å². The average Bonchev–Trinajstić information content (AvgIpc) is 2.68. The summed E-state index contributed by atoms with van der Waals surface area (Å²) in [6.45, 7) is 3.73. The topological polar surface area (TPSA) is 75.8 Å². The SMILES string of the molecule is Cc1ccc(N(CCOc2cccc(C(=O)O)c2)Cc2ccccc2)c(N)c1. The highest BCUT2D eigenvalue weighted by Crippen LogP contribution is 2.26. The lowest BCUT2D eigenvalue weighted by Crippen LogP contribution is -2.28. The molecule has 0 unspecified atom stereocenters. The molecule has 0 aliphatic rings. The molecule has 0 atom stereocenters. The predicted octanol–water partition coefficient (Wildman–Crippen LogP) is 4.36. The molecule has 144 valence electrons. The zero-order valence-corrected chi connectivity index (χ0v) is 15.8. The van der Waals surface area contributed by atoms with Gasteiger partial charge in [-0.05, 0) is 48.4 Å². The van der Waals surface area contributed by atoms with Crippen molar-refractivity contribution in [3.63, 3.8) is 0 Å². The zero-order chi connectivity index (χ0) is 19.9. The van der Waals surface area contributed by atoms with Crippen molar-refractivity contribution in [3.8, 4) is 5.75 Å². The molecule has 0 radical (unpaired) electrons. The summed E-state index contributed by atoms with van der Waals surface area (Å²) in [7, 11) is 0. The third-order valence-electron chi connectivity index (χ3n) is 4.45. The molecular weight excluding hydrogens is 352 g/mol. The van der Waals surface area contributed by atoms with Crippen LogP contribution in [0.4, 0.5) is 11.4 Å². The van der Waals surface area contributed by atoms with Crippen molar-refractivity contribution in [1.82, 2.24) is 0 Å². The van der Waals surface area contributed by atoms with Gasteiger partial charge >= 0.3 is 5.97 Å². The van der Waals surface area contributed by atoms with E-state index in [4.69, 9.17) is 15.6 Å². The minimum Gasteiger partial charge on any atom is -0.492 e. The maximum atomic E-state index is 11.1. The van der Waals surface area contributed by atoms with E-state index in [0.717, 1.165) is 16.9 Å². The van der Waals surface area contributed by atoms with Gasteiger partial charge in [0.05, 0.1) is 23.5 Å². The largest absolute Gasteiger partial charge is 0.492 e. The van der Waals surface area contributed by atoms with Gasteiger partial charge in [0.1, 0.15) is 12.4 Å². The molecule has 3 aromatic rings. The molecule has 0 aliphatic heterocycles. The Hall–Kier alpha value is -3.47. The van der Waals surface area contributed by atoms with Crippen LogP contribution < -0.4 is 15.4 Å². The molecule has 0 aromatic heterocycles. The van der Waals surface area contributed by atoms with Gasteiger partial charge in [-0.1, -0.05) is 42.5 Å². The fraction of sp³-hybridized carbons (Fsp3) is 0.174. The molecule has 5 nitrogen and oxygen atoms in total. The Kier molecular flexibility index (Phi) is 6.17. The lowest BCUT2D eigenvalue weighted by Gasteiger charge is -2.26. The lowest BCUT2D eigenvalue weighted by molar-refractivity contribution is 0.0696. The summed E-state index contributed by atoms with van der Waals surface area (Å²) >= 11 is 0. The van der Waals surface area contributed by atoms with Crippen LogP contribution in [-0.2, 0) is 6.54 Å². The summed E-state index contributed by atoms with van der Waals surface area (Å²) in [5, 5.41) is 9.11. The number of nitrogens with two attached hydrogens (primary N) is 1. The first-order chi connectivity index (χ1) is 13.5. The Morgan fingerprint density at radius 1 is 1.04 bits per heavy atom. The molecule has 5 heteroatoms. The van der Waals surface area contributed by atoms with Crippen molar-refractivity contribution in [1.29, 1.82) is 0 Å². The first-order valence-electron chi connectivity index (χ1n) is 9.14. The minimum absolute atomic E-state index is 0.210. The van der Waals surface area contributed by atoms with Crippen molar-refractivity contribution in [3.05, 3.63) is 89.5 Å². The van der Waals surface area contributed by atoms with Crippen LogP contribution in [-0.4, -0.2) is 24.2 Å². The van der Waals surface area contributed by atoms with Crippen molar-refractivity contribution >= 4 is 17.3 Å². The Labute approximate surface area is 165 Å². The molecule has 0 amide bonds. The van der Waals surface area contributed by atoms with Crippen LogP contribution in [0.2, 0.25) is 0 Å². The molecule has 0 heterocycles. The summed E-state index contributed by atoms with van der Waals surface area (Å²) in [6, 6.07) is 22.7. The van der Waals surface area contributed by atoms with Crippen LogP contribution in [0.5, 0.6) is 5.75 Å². The molecule has 0 saturated carbocycles. The first kappa shape index (κ1) is 19.3. The number of aromatic carboxylic acids is 1. The number of nitrogen functional groups attached to an aromatic ring is 1. The second-order valence-corrected chi connectivity index (χ2v) is 6.65. The average molecular weight is 376 g/mol. The van der Waals surface area contributed by atoms with Crippen LogP contribution in [0.15, 0.2) is 72.8 Å². The second-order valence-electron chi connectivity index (χ2n) is 6.65. The van der Waals surface area contributed by atoms with E-state index in [0.29, 0.717) is 25.4 Å². The highest BCUT2D eigenvalue weighted by Gasteiger charge is 2.12. The summed E-state index contributed by atoms with van der Waals surface area (Å²) in [4.78, 5) is 13.3. The number of carboxylic acids is 1. The van der Waals surface area contributed by atoms with Gasteiger partial charge in [0.15, 0.2) is 0 Å². The van der Waals surface area contributed by atoms with Crippen molar-refractivity contribution in [2.45, 2.75) is 13.5 Å². The number of benzene rings is 3. The van der Waals surface area contributed by atoms with Crippen LogP contribution in [0.1, 0.15) is 21.5 Å². The number of hydrogen-bond acceptors (Lipinski definition) is 4. The summed E-state index contributed by atoms with van der Waals surface area (Å²) in [5.74, 6) is -0.431. The summed E-state index contributed by atoms with van der Waals surface area (Å²) in [6.07, 6.45) is 0. The number of hydrogen-bond donors (Lipinski definition) is 2. The lowest BCUT2D eigenvalue weighted by atomic mass is 10.1. The van der Waals surface area contributed by atoms with Crippen molar-refractivity contribution < 1.29 is 14.6 Å². The number of nitrogens with zero attached hydrogens (tertiary/aromatic N) is 1. The van der Waals surface area contributed by atoms with Gasteiger partial charge < -0.3 is 20.5 Å². The maximum absolute atomic E-state index is 11.1. The number of carboxylic acid groups (broad SMARTS) is 1. The Morgan fingerprint density at radius 2 is 1.82 bits per heavy atom. The molecule has 0 bridgehead atoms. The van der Waals surface area contributed by atoms with E-state index in [9.17, 15) is 4.79 Å². The Balaban J connectivity index is 1.73. The standard InChI is InChI=1S/C23H24N2O3/c1-17-10-11-22(21(24)14-17)25(16-18-6-3-2-4-7-18)12-13-28-20-9-5-8-19(15-20)23(26)27/h2-11,14-15H,12-13,16,24H2,1H3,(H,26,27). The van der Waals surface area contributed by atoms with E-state index in [2.05, 4.69) is 17.0 Å². The van der Waals surface area contributed by atoms with Crippen LogP contribution in [0.25, 0.3) is 0 Å². The highest BCUT2D eigenvalue weighted by atomic mass is 16.5. The van der Waals surface area contributed by atoms with E-state index < -0.39 is 5.97 Å². The van der Waals surface area contributed by atoms with Crippen LogP contribution in [0.3, 0.4) is 0 Å². The van der Waals surface area contributed by atoms with Crippen LogP contribution in [0, 0.1) is 6.92 Å². The first-order valence-corrected chi connectivity index (χ1v) is 9.14. The Morgan fingerprint density at radius 3 is 2.54 bits per heavy atom. The van der Waals surface area contributed by atoms with E-state index in [1.165, 1.54) is 11.6 Å². The van der Waals surface area contributed by atoms with Crippen molar-refractivity contribution in [2.24, 2.45) is 0 Å². The molecule has 3 rings (SSSR count). The maximum Gasteiger partial charge on any atom is 0.335 e. The number of aryl methyl sites for hydroxylation is 1. The zero-order valence-electron chi connectivity index (χ0n) is 15.8. The normalized spacial score (nSPS) is 10.5. The fourth-order valence-electron chi connectivity index (χ4n) is 3.04. The van der Waals surface area contributed by atoms with E-state index >= 15 is 0 Å². The summed E-state index contributed by atoms with van der Waals surface area (Å²) in [5.41, 5.74) is 10.4. The summed E-state index contributed by atoms with van der Waals surface area (Å²) < 4.78 is 5.80. The van der Waals surface area contributed by atoms with Gasteiger partial charge in [-0.25, -0.2) is 4.79 Å². The van der Waals surface area contributed by atoms with Gasteiger partial charge in [-0.15, -0.1) is 0 Å². The number of carbonyl (C=O) groups is 1. The molecule has 0 spiro atoms. The second kappa shape index (κ2) is 8.95. The third kappa shape index (κ3) is 5.04. The van der Waals surface area contributed by atoms with E-state index in [1.54, 1.807) is 18.2 Å². The third-order valence-corrected chi connectivity index (χ3v) is 4.45. The van der Waals surface area contributed by atoms with Gasteiger partial charge in [-0.3, -0.25) is 0 Å². The molecule has 28 heavy (non-hydrogen) atoms. The van der Waals surface area contributed by atoms with Gasteiger partial charge in [0, 0.05) is 6.54 Å².